The average Bonchev–Trinajstić information content (AvgIpc) is 2.86. The molecule has 2 N–H and O–H groups in total. The van der Waals surface area contributed by atoms with Crippen LogP contribution < -0.4 is 5.32 Å². The summed E-state index contributed by atoms with van der Waals surface area (Å²) in [6.07, 6.45) is 1.30. The van der Waals surface area contributed by atoms with Crippen LogP contribution in [0.25, 0.3) is 0 Å². The highest BCUT2D eigenvalue weighted by atomic mass is 35.5. The lowest BCUT2D eigenvalue weighted by Crippen LogP contribution is -2.10. The van der Waals surface area contributed by atoms with Crippen LogP contribution in [0, 0.1) is 0 Å². The predicted octanol–water partition coefficient (Wildman–Crippen LogP) is 2.95. The Kier molecular flexibility index (Phi) is 3.16. The summed E-state index contributed by atoms with van der Waals surface area (Å²) in [5.74, 6) is -1.47. The molecule has 0 spiro atoms. The van der Waals surface area contributed by atoms with E-state index in [-0.39, 0.29) is 15.7 Å². The van der Waals surface area contributed by atoms with Gasteiger partial charge in [0.15, 0.2) is 0 Å². The van der Waals surface area contributed by atoms with Crippen molar-refractivity contribution in [2.75, 3.05) is 5.32 Å². The third-order valence-electron chi connectivity index (χ3n) is 1.92. The van der Waals surface area contributed by atoms with Crippen LogP contribution in [0.2, 0.25) is 5.22 Å². The first-order valence-electron chi connectivity index (χ1n) is 4.45. The van der Waals surface area contributed by atoms with Gasteiger partial charge >= 0.3 is 5.97 Å². The first kappa shape index (κ1) is 11.7. The lowest BCUT2D eigenvalue weighted by Gasteiger charge is -1.99. The summed E-state index contributed by atoms with van der Waals surface area (Å²) in [4.78, 5) is 22.5. The van der Waals surface area contributed by atoms with E-state index < -0.39 is 11.9 Å². The molecule has 17 heavy (non-hydrogen) atoms. The van der Waals surface area contributed by atoms with E-state index in [1.807, 2.05) is 0 Å². The molecule has 0 atom stereocenters. The number of carboxylic acids is 1. The number of hydrogen-bond acceptors (Lipinski definition) is 4. The Morgan fingerprint density at radius 3 is 2.65 bits per heavy atom. The van der Waals surface area contributed by atoms with Crippen LogP contribution >= 0.6 is 22.9 Å². The number of furan rings is 1. The number of amides is 1. The molecule has 5 nitrogen and oxygen atoms in total. The molecule has 1 amide bonds. The SMILES string of the molecule is O=C(O)c1ccc(NC(=O)c2ccoc2Cl)s1. The van der Waals surface area contributed by atoms with Gasteiger partial charge in [0.1, 0.15) is 4.88 Å². The zero-order chi connectivity index (χ0) is 12.4. The number of rotatable bonds is 3. The largest absolute Gasteiger partial charge is 0.477 e. The van der Waals surface area contributed by atoms with Gasteiger partial charge < -0.3 is 14.8 Å². The van der Waals surface area contributed by atoms with Crippen molar-refractivity contribution in [3.8, 4) is 0 Å². The molecule has 0 aliphatic heterocycles. The number of halogens is 1. The molecule has 2 rings (SSSR count). The Morgan fingerprint density at radius 1 is 1.35 bits per heavy atom. The number of nitrogens with one attached hydrogen (secondary N) is 1. The van der Waals surface area contributed by atoms with Crippen molar-refractivity contribution in [3.05, 3.63) is 40.1 Å². The van der Waals surface area contributed by atoms with Gasteiger partial charge in [-0.1, -0.05) is 0 Å². The molecule has 0 aliphatic carbocycles. The van der Waals surface area contributed by atoms with Gasteiger partial charge in [0.25, 0.3) is 5.91 Å². The molecular formula is C10H6ClNO4S. The van der Waals surface area contributed by atoms with Crippen molar-refractivity contribution < 1.29 is 19.1 Å². The van der Waals surface area contributed by atoms with Gasteiger partial charge in [-0.2, -0.15) is 0 Å². The Morgan fingerprint density at radius 2 is 2.12 bits per heavy atom. The van der Waals surface area contributed by atoms with Crippen molar-refractivity contribution in [2.45, 2.75) is 0 Å². The lowest BCUT2D eigenvalue weighted by atomic mass is 10.3. The van der Waals surface area contributed by atoms with E-state index >= 15 is 0 Å². The van der Waals surface area contributed by atoms with Crippen LogP contribution in [-0.2, 0) is 0 Å². The van der Waals surface area contributed by atoms with Crippen molar-refractivity contribution in [1.82, 2.24) is 0 Å². The summed E-state index contributed by atoms with van der Waals surface area (Å²) >= 11 is 6.61. The lowest BCUT2D eigenvalue weighted by molar-refractivity contribution is 0.0702. The zero-order valence-electron chi connectivity index (χ0n) is 8.27. The summed E-state index contributed by atoms with van der Waals surface area (Å²) in [6.45, 7) is 0. The monoisotopic (exact) mass is 271 g/mol. The van der Waals surface area contributed by atoms with E-state index in [0.717, 1.165) is 11.3 Å². The Hall–Kier alpha value is -1.79. The molecule has 7 heteroatoms. The van der Waals surface area contributed by atoms with E-state index in [0.29, 0.717) is 5.00 Å². The van der Waals surface area contributed by atoms with Crippen LogP contribution in [0.3, 0.4) is 0 Å². The maximum Gasteiger partial charge on any atom is 0.345 e. The maximum atomic E-state index is 11.7. The van der Waals surface area contributed by atoms with E-state index in [1.54, 1.807) is 0 Å². The van der Waals surface area contributed by atoms with Crippen molar-refractivity contribution in [2.24, 2.45) is 0 Å². The standard InChI is InChI=1S/C10H6ClNO4S/c11-8-5(3-4-16-8)9(13)12-7-2-1-6(17-7)10(14)15/h1-4H,(H,12,13)(H,14,15). The summed E-state index contributed by atoms with van der Waals surface area (Å²) in [5, 5.41) is 11.7. The van der Waals surface area contributed by atoms with Crippen LogP contribution in [-0.4, -0.2) is 17.0 Å². The molecule has 0 unspecified atom stereocenters. The normalized spacial score (nSPS) is 10.2. The van der Waals surface area contributed by atoms with Gasteiger partial charge in [-0.15, -0.1) is 11.3 Å². The molecule has 0 bridgehead atoms. The number of aromatic carboxylic acids is 1. The summed E-state index contributed by atoms with van der Waals surface area (Å²) in [6, 6.07) is 4.36. The van der Waals surface area contributed by atoms with Gasteiger partial charge in [0, 0.05) is 0 Å². The van der Waals surface area contributed by atoms with Gasteiger partial charge in [0.05, 0.1) is 16.8 Å². The number of carbonyl (C=O) groups is 2. The minimum absolute atomic E-state index is 0.00230. The van der Waals surface area contributed by atoms with Crippen LogP contribution in [0.15, 0.2) is 28.9 Å². The second kappa shape index (κ2) is 4.60. The van der Waals surface area contributed by atoms with Crippen molar-refractivity contribution in [3.63, 3.8) is 0 Å². The molecule has 0 saturated heterocycles. The van der Waals surface area contributed by atoms with Gasteiger partial charge in [0.2, 0.25) is 5.22 Å². The molecule has 2 aromatic heterocycles. The molecule has 0 radical (unpaired) electrons. The van der Waals surface area contributed by atoms with Gasteiger partial charge in [-0.3, -0.25) is 4.79 Å². The smallest absolute Gasteiger partial charge is 0.345 e. The van der Waals surface area contributed by atoms with Crippen LogP contribution in [0.5, 0.6) is 0 Å². The fourth-order valence-corrected chi connectivity index (χ4v) is 2.10. The Bertz CT molecular complexity index is 574. The predicted molar refractivity (Wildman–Crippen MR) is 62.9 cm³/mol. The first-order chi connectivity index (χ1) is 8.08. The van der Waals surface area contributed by atoms with Crippen LogP contribution in [0.4, 0.5) is 5.00 Å². The highest BCUT2D eigenvalue weighted by Crippen LogP contribution is 2.24. The highest BCUT2D eigenvalue weighted by molar-refractivity contribution is 7.18. The molecule has 2 aromatic rings. The molecule has 0 aromatic carbocycles. The minimum atomic E-state index is -1.03. The maximum absolute atomic E-state index is 11.7. The third-order valence-corrected chi connectivity index (χ3v) is 3.20. The van der Waals surface area contributed by atoms with E-state index in [4.69, 9.17) is 21.1 Å². The second-order valence-electron chi connectivity index (χ2n) is 3.03. The molecule has 2 heterocycles. The Balaban J connectivity index is 2.13. The van der Waals surface area contributed by atoms with E-state index in [9.17, 15) is 9.59 Å². The fraction of sp³-hybridized carbons (Fsp3) is 0. The molecule has 0 aliphatic rings. The summed E-state index contributed by atoms with van der Waals surface area (Å²) < 4.78 is 4.78. The summed E-state index contributed by atoms with van der Waals surface area (Å²) in [5.41, 5.74) is 0.206. The van der Waals surface area contributed by atoms with E-state index in [2.05, 4.69) is 5.32 Å². The third kappa shape index (κ3) is 2.48. The molecule has 0 fully saturated rings. The highest BCUT2D eigenvalue weighted by Gasteiger charge is 2.15. The van der Waals surface area contributed by atoms with Gasteiger partial charge in [-0.25, -0.2) is 4.79 Å². The second-order valence-corrected chi connectivity index (χ2v) is 4.46. The van der Waals surface area contributed by atoms with E-state index in [1.165, 1.54) is 24.5 Å². The minimum Gasteiger partial charge on any atom is -0.477 e. The number of carboxylic acid groups (broad SMARTS) is 1. The molecular weight excluding hydrogens is 266 g/mol. The quantitative estimate of drug-likeness (QED) is 0.899. The average molecular weight is 272 g/mol. The molecule has 88 valence electrons. The summed E-state index contributed by atoms with van der Waals surface area (Å²) in [7, 11) is 0. The van der Waals surface area contributed by atoms with Gasteiger partial charge in [-0.05, 0) is 29.8 Å². The van der Waals surface area contributed by atoms with Crippen LogP contribution in [0.1, 0.15) is 20.0 Å². The fourth-order valence-electron chi connectivity index (χ4n) is 1.15. The molecule has 0 saturated carbocycles. The number of hydrogen-bond donors (Lipinski definition) is 2. The number of anilines is 1. The first-order valence-corrected chi connectivity index (χ1v) is 5.65. The number of carbonyl (C=O) groups excluding carboxylic acids is 1. The number of thiophene rings is 1. The topological polar surface area (TPSA) is 79.5 Å². The zero-order valence-corrected chi connectivity index (χ0v) is 9.84. The van der Waals surface area contributed by atoms with Crippen molar-refractivity contribution >= 4 is 39.8 Å². The Labute approximate surface area is 105 Å². The van der Waals surface area contributed by atoms with Crippen molar-refractivity contribution in [1.29, 1.82) is 0 Å².